The van der Waals surface area contributed by atoms with Crippen LogP contribution in [0.15, 0.2) is 52.1 Å². The van der Waals surface area contributed by atoms with Gasteiger partial charge in [-0.15, -0.1) is 0 Å². The molecular formula is C16H12Cl2N2O2S. The third kappa shape index (κ3) is 3.80. The maximum absolute atomic E-state index is 12.3. The van der Waals surface area contributed by atoms with E-state index in [-0.39, 0.29) is 5.91 Å². The molecule has 7 heteroatoms. The molecule has 0 fully saturated rings. The number of oxazole rings is 1. The lowest BCUT2D eigenvalue weighted by atomic mass is 10.3. The number of anilines is 1. The maximum atomic E-state index is 12.3. The van der Waals surface area contributed by atoms with Crippen molar-refractivity contribution in [3.63, 3.8) is 0 Å². The monoisotopic (exact) mass is 366 g/mol. The van der Waals surface area contributed by atoms with Gasteiger partial charge in [-0.25, -0.2) is 4.98 Å². The number of para-hydroxylation sites is 2. The van der Waals surface area contributed by atoms with Crippen LogP contribution in [0.4, 0.5) is 5.69 Å². The summed E-state index contributed by atoms with van der Waals surface area (Å²) in [6.45, 7) is 1.77. The average molecular weight is 367 g/mol. The molecule has 0 saturated carbocycles. The van der Waals surface area contributed by atoms with Crippen molar-refractivity contribution in [3.05, 3.63) is 52.5 Å². The highest BCUT2D eigenvalue weighted by atomic mass is 35.5. The summed E-state index contributed by atoms with van der Waals surface area (Å²) in [7, 11) is 0. The van der Waals surface area contributed by atoms with Gasteiger partial charge in [0.2, 0.25) is 5.91 Å². The Morgan fingerprint density at radius 2 is 2.04 bits per heavy atom. The molecular weight excluding hydrogens is 355 g/mol. The first-order chi connectivity index (χ1) is 11.0. The van der Waals surface area contributed by atoms with E-state index in [9.17, 15) is 4.79 Å². The van der Waals surface area contributed by atoms with Crippen LogP contribution < -0.4 is 5.32 Å². The Labute approximate surface area is 147 Å². The predicted octanol–water partition coefficient (Wildman–Crippen LogP) is 5.25. The standard InChI is InChI=1S/C16H12Cl2N2O2S/c1-9(15(21)19-13-8-10(17)6-7-11(13)18)23-16-20-12-4-2-3-5-14(12)22-16/h2-9H,1H3,(H,19,21)/t9-/m0/s1. The van der Waals surface area contributed by atoms with Crippen LogP contribution >= 0.6 is 35.0 Å². The van der Waals surface area contributed by atoms with Crippen molar-refractivity contribution in [1.29, 1.82) is 0 Å². The van der Waals surface area contributed by atoms with Crippen molar-refractivity contribution in [3.8, 4) is 0 Å². The van der Waals surface area contributed by atoms with E-state index < -0.39 is 5.25 Å². The number of nitrogens with one attached hydrogen (secondary N) is 1. The molecule has 1 N–H and O–H groups in total. The maximum Gasteiger partial charge on any atom is 0.257 e. The van der Waals surface area contributed by atoms with Gasteiger partial charge in [0.15, 0.2) is 5.58 Å². The molecule has 3 rings (SSSR count). The summed E-state index contributed by atoms with van der Waals surface area (Å²) in [6.07, 6.45) is 0. The van der Waals surface area contributed by atoms with Gasteiger partial charge >= 0.3 is 0 Å². The number of hydrogen-bond acceptors (Lipinski definition) is 4. The quantitative estimate of drug-likeness (QED) is 0.640. The number of benzene rings is 2. The summed E-state index contributed by atoms with van der Waals surface area (Å²) >= 11 is 13.2. The largest absolute Gasteiger partial charge is 0.431 e. The van der Waals surface area contributed by atoms with Gasteiger partial charge in [-0.2, -0.15) is 0 Å². The van der Waals surface area contributed by atoms with Crippen molar-refractivity contribution in [2.75, 3.05) is 5.32 Å². The van der Waals surface area contributed by atoms with Crippen LogP contribution in [0.25, 0.3) is 11.1 Å². The van der Waals surface area contributed by atoms with E-state index in [2.05, 4.69) is 10.3 Å². The summed E-state index contributed by atoms with van der Waals surface area (Å²) in [4.78, 5) is 16.6. The van der Waals surface area contributed by atoms with Gasteiger partial charge in [-0.05, 0) is 37.3 Å². The van der Waals surface area contributed by atoms with Gasteiger partial charge in [0.1, 0.15) is 5.52 Å². The molecule has 0 unspecified atom stereocenters. The molecule has 4 nitrogen and oxygen atoms in total. The van der Waals surface area contributed by atoms with Crippen LogP contribution in [0.2, 0.25) is 10.0 Å². The van der Waals surface area contributed by atoms with Crippen LogP contribution in [0.5, 0.6) is 0 Å². The van der Waals surface area contributed by atoms with Crippen LogP contribution in [0.1, 0.15) is 6.92 Å². The molecule has 0 aliphatic rings. The number of aromatic nitrogens is 1. The second-order valence-corrected chi connectivity index (χ2v) is 6.96. The van der Waals surface area contributed by atoms with Gasteiger partial charge in [0, 0.05) is 5.02 Å². The average Bonchev–Trinajstić information content (AvgIpc) is 2.93. The first kappa shape index (κ1) is 16.2. The molecule has 2 aromatic carbocycles. The number of halogens is 2. The lowest BCUT2D eigenvalue weighted by Gasteiger charge is -2.11. The second-order valence-electron chi connectivity index (χ2n) is 4.82. The third-order valence-electron chi connectivity index (χ3n) is 3.11. The summed E-state index contributed by atoms with van der Waals surface area (Å²) < 4.78 is 5.61. The van der Waals surface area contributed by atoms with Crippen molar-refractivity contribution in [1.82, 2.24) is 4.98 Å². The highest BCUT2D eigenvalue weighted by Crippen LogP contribution is 2.29. The predicted molar refractivity (Wildman–Crippen MR) is 94.4 cm³/mol. The van der Waals surface area contributed by atoms with E-state index in [0.717, 1.165) is 5.52 Å². The van der Waals surface area contributed by atoms with Crippen LogP contribution in [0, 0.1) is 0 Å². The minimum absolute atomic E-state index is 0.207. The number of carbonyl (C=O) groups is 1. The third-order valence-corrected chi connectivity index (χ3v) is 4.62. The smallest absolute Gasteiger partial charge is 0.257 e. The van der Waals surface area contributed by atoms with Crippen molar-refractivity contribution in [2.24, 2.45) is 0 Å². The van der Waals surface area contributed by atoms with Crippen LogP contribution in [-0.2, 0) is 4.79 Å². The first-order valence-corrected chi connectivity index (χ1v) is 8.44. The van der Waals surface area contributed by atoms with Crippen molar-refractivity contribution >= 4 is 57.7 Å². The Bertz CT molecular complexity index is 833. The fourth-order valence-electron chi connectivity index (χ4n) is 1.93. The first-order valence-electron chi connectivity index (χ1n) is 6.81. The Balaban J connectivity index is 1.71. The highest BCUT2D eigenvalue weighted by Gasteiger charge is 2.19. The molecule has 118 valence electrons. The summed E-state index contributed by atoms with van der Waals surface area (Å²) in [6, 6.07) is 12.4. The lowest BCUT2D eigenvalue weighted by molar-refractivity contribution is -0.115. The van der Waals surface area contributed by atoms with E-state index in [1.54, 1.807) is 25.1 Å². The summed E-state index contributed by atoms with van der Waals surface area (Å²) in [5.74, 6) is -0.207. The molecule has 0 aliphatic carbocycles. The van der Waals surface area contributed by atoms with Gasteiger partial charge in [-0.3, -0.25) is 4.79 Å². The molecule has 1 heterocycles. The molecule has 1 aromatic heterocycles. The zero-order valence-corrected chi connectivity index (χ0v) is 14.4. The summed E-state index contributed by atoms with van der Waals surface area (Å²) in [5.41, 5.74) is 1.94. The van der Waals surface area contributed by atoms with E-state index in [1.165, 1.54) is 11.8 Å². The molecule has 23 heavy (non-hydrogen) atoms. The van der Waals surface area contributed by atoms with Crippen LogP contribution in [0.3, 0.4) is 0 Å². The minimum atomic E-state index is -0.405. The van der Waals surface area contributed by atoms with E-state index in [4.69, 9.17) is 27.6 Å². The van der Waals surface area contributed by atoms with Gasteiger partial charge < -0.3 is 9.73 Å². The van der Waals surface area contributed by atoms with E-state index >= 15 is 0 Å². The van der Waals surface area contributed by atoms with Gasteiger partial charge in [-0.1, -0.05) is 47.1 Å². The van der Waals surface area contributed by atoms with E-state index in [0.29, 0.717) is 26.5 Å². The molecule has 0 radical (unpaired) electrons. The second kappa shape index (κ2) is 6.83. The zero-order chi connectivity index (χ0) is 16.4. The molecule has 0 saturated heterocycles. The topological polar surface area (TPSA) is 55.1 Å². The Hall–Kier alpha value is -1.69. The molecule has 1 atom stereocenters. The number of amides is 1. The summed E-state index contributed by atoms with van der Waals surface area (Å²) in [5, 5.41) is 3.74. The number of hydrogen-bond donors (Lipinski definition) is 1. The number of carbonyl (C=O) groups excluding carboxylic acids is 1. The number of rotatable bonds is 4. The molecule has 1 amide bonds. The Morgan fingerprint density at radius 1 is 1.26 bits per heavy atom. The number of nitrogens with zero attached hydrogens (tertiary/aromatic N) is 1. The molecule has 3 aromatic rings. The lowest BCUT2D eigenvalue weighted by Crippen LogP contribution is -2.22. The minimum Gasteiger partial charge on any atom is -0.431 e. The van der Waals surface area contributed by atoms with Gasteiger partial charge in [0.05, 0.1) is 16.0 Å². The molecule has 0 spiro atoms. The number of fused-ring (bicyclic) bond motifs is 1. The van der Waals surface area contributed by atoms with E-state index in [1.807, 2.05) is 24.3 Å². The number of thioether (sulfide) groups is 1. The van der Waals surface area contributed by atoms with Crippen LogP contribution in [-0.4, -0.2) is 16.1 Å². The van der Waals surface area contributed by atoms with Crippen molar-refractivity contribution < 1.29 is 9.21 Å². The van der Waals surface area contributed by atoms with Crippen molar-refractivity contribution in [2.45, 2.75) is 17.4 Å². The SMILES string of the molecule is C[C@H](Sc1nc2ccccc2o1)C(=O)Nc1cc(Cl)ccc1Cl. The fourth-order valence-corrected chi connectivity index (χ4v) is 3.03. The fraction of sp³-hybridized carbons (Fsp3) is 0.125. The highest BCUT2D eigenvalue weighted by molar-refractivity contribution is 8.00. The Morgan fingerprint density at radius 3 is 2.83 bits per heavy atom. The normalized spacial score (nSPS) is 12.3. The molecule has 0 bridgehead atoms. The zero-order valence-electron chi connectivity index (χ0n) is 12.0. The van der Waals surface area contributed by atoms with Gasteiger partial charge in [0.25, 0.3) is 5.22 Å². The molecule has 0 aliphatic heterocycles. The Kier molecular flexibility index (Phi) is 4.80.